The zero-order valence-electron chi connectivity index (χ0n) is 9.76. The van der Waals surface area contributed by atoms with Crippen LogP contribution in [0.25, 0.3) is 5.82 Å². The zero-order valence-corrected chi connectivity index (χ0v) is 10.6. The molecular formula is C11H14N4O2S. The Labute approximate surface area is 105 Å². The third-order valence-electron chi connectivity index (χ3n) is 3.19. The molecule has 0 bridgehead atoms. The average molecular weight is 266 g/mol. The summed E-state index contributed by atoms with van der Waals surface area (Å²) in [7, 11) is -3.69. The Kier molecular flexibility index (Phi) is 2.44. The summed E-state index contributed by atoms with van der Waals surface area (Å²) in [6.07, 6.45) is 2.29. The SMILES string of the molecule is NC1=c2c(N3CCCC3)cccc2=NS(=O)(=O)N1. The topological polar surface area (TPSA) is 87.8 Å². The molecule has 96 valence electrons. The quantitative estimate of drug-likeness (QED) is 0.667. The third-order valence-corrected chi connectivity index (χ3v) is 4.11. The molecule has 0 amide bonds. The molecule has 0 spiro atoms. The van der Waals surface area contributed by atoms with Crippen LogP contribution in [0.4, 0.5) is 5.69 Å². The van der Waals surface area contributed by atoms with Crippen molar-refractivity contribution >= 4 is 21.7 Å². The lowest BCUT2D eigenvalue weighted by Gasteiger charge is -2.20. The highest BCUT2D eigenvalue weighted by Crippen LogP contribution is 2.15. The summed E-state index contributed by atoms with van der Waals surface area (Å²) in [6, 6.07) is 5.43. The minimum Gasteiger partial charge on any atom is -0.384 e. The van der Waals surface area contributed by atoms with Gasteiger partial charge in [0, 0.05) is 18.8 Å². The third kappa shape index (κ3) is 1.80. The van der Waals surface area contributed by atoms with Crippen LogP contribution in [0.2, 0.25) is 0 Å². The average Bonchev–Trinajstić information content (AvgIpc) is 2.79. The Hall–Kier alpha value is -1.76. The molecule has 7 heteroatoms. The van der Waals surface area contributed by atoms with Crippen molar-refractivity contribution < 1.29 is 8.42 Å². The first-order valence-corrected chi connectivity index (χ1v) is 7.27. The number of nitrogens with zero attached hydrogens (tertiary/aromatic N) is 2. The molecule has 2 aliphatic heterocycles. The van der Waals surface area contributed by atoms with E-state index in [2.05, 4.69) is 14.0 Å². The van der Waals surface area contributed by atoms with Gasteiger partial charge in [-0.2, -0.15) is 8.42 Å². The van der Waals surface area contributed by atoms with Crippen molar-refractivity contribution in [2.45, 2.75) is 12.8 Å². The van der Waals surface area contributed by atoms with Crippen molar-refractivity contribution in [3.63, 3.8) is 0 Å². The van der Waals surface area contributed by atoms with Crippen LogP contribution in [0, 0.1) is 0 Å². The van der Waals surface area contributed by atoms with Gasteiger partial charge < -0.3 is 10.6 Å². The van der Waals surface area contributed by atoms with Crippen LogP contribution in [0.3, 0.4) is 0 Å². The van der Waals surface area contributed by atoms with Gasteiger partial charge in [0.05, 0.1) is 10.6 Å². The first-order chi connectivity index (χ1) is 8.57. The lowest BCUT2D eigenvalue weighted by atomic mass is 10.2. The lowest BCUT2D eigenvalue weighted by Crippen LogP contribution is -2.46. The second-order valence-electron chi connectivity index (χ2n) is 4.45. The van der Waals surface area contributed by atoms with Gasteiger partial charge in [-0.25, -0.2) is 0 Å². The Morgan fingerprint density at radius 2 is 2.00 bits per heavy atom. The second-order valence-corrected chi connectivity index (χ2v) is 5.78. The highest BCUT2D eigenvalue weighted by atomic mass is 32.2. The Bertz CT molecular complexity index is 705. The van der Waals surface area contributed by atoms with Crippen molar-refractivity contribution in [3.8, 4) is 0 Å². The molecule has 3 N–H and O–H groups in total. The molecule has 0 radical (unpaired) electrons. The molecule has 3 rings (SSSR count). The summed E-state index contributed by atoms with van der Waals surface area (Å²) < 4.78 is 28.9. The van der Waals surface area contributed by atoms with Gasteiger partial charge in [-0.05, 0) is 25.0 Å². The molecule has 0 atom stereocenters. The van der Waals surface area contributed by atoms with Crippen molar-refractivity contribution in [3.05, 3.63) is 28.8 Å². The van der Waals surface area contributed by atoms with Crippen LogP contribution < -0.4 is 25.9 Å². The Morgan fingerprint density at radius 1 is 1.28 bits per heavy atom. The number of nitrogens with two attached hydrogens (primary N) is 1. The van der Waals surface area contributed by atoms with E-state index in [1.54, 1.807) is 6.07 Å². The number of hydrogen-bond donors (Lipinski definition) is 2. The fourth-order valence-corrected chi connectivity index (χ4v) is 3.28. The van der Waals surface area contributed by atoms with Crippen LogP contribution in [-0.4, -0.2) is 21.5 Å². The van der Waals surface area contributed by atoms with Crippen molar-refractivity contribution in [1.82, 2.24) is 4.72 Å². The van der Waals surface area contributed by atoms with E-state index in [9.17, 15) is 8.42 Å². The van der Waals surface area contributed by atoms with E-state index in [0.717, 1.165) is 31.6 Å². The maximum atomic E-state index is 11.5. The molecule has 18 heavy (non-hydrogen) atoms. The van der Waals surface area contributed by atoms with E-state index in [1.807, 2.05) is 12.1 Å². The molecule has 1 aromatic carbocycles. The monoisotopic (exact) mass is 266 g/mol. The summed E-state index contributed by atoms with van der Waals surface area (Å²) in [4.78, 5) is 2.21. The van der Waals surface area contributed by atoms with Crippen LogP contribution in [-0.2, 0) is 10.2 Å². The van der Waals surface area contributed by atoms with Gasteiger partial charge in [-0.15, -0.1) is 4.40 Å². The number of anilines is 1. The van der Waals surface area contributed by atoms with Crippen LogP contribution in [0.5, 0.6) is 0 Å². The minimum absolute atomic E-state index is 0.155. The van der Waals surface area contributed by atoms with Crippen molar-refractivity contribution in [2.24, 2.45) is 10.1 Å². The summed E-state index contributed by atoms with van der Waals surface area (Å²) in [6.45, 7) is 1.94. The molecule has 2 aliphatic rings. The molecular weight excluding hydrogens is 252 g/mol. The Morgan fingerprint density at radius 3 is 2.72 bits per heavy atom. The van der Waals surface area contributed by atoms with E-state index < -0.39 is 10.2 Å². The standard InChI is InChI=1S/C11H14N4O2S/c12-11-10-8(13-18(16,17)14-11)4-3-5-9(10)15-6-1-2-7-15/h3-5,14H,1-2,6-7,12H2. The fourth-order valence-electron chi connectivity index (χ4n) is 2.44. The van der Waals surface area contributed by atoms with E-state index in [4.69, 9.17) is 5.73 Å². The molecule has 1 fully saturated rings. The van der Waals surface area contributed by atoms with E-state index in [-0.39, 0.29) is 5.82 Å². The minimum atomic E-state index is -3.69. The second kappa shape index (κ2) is 3.88. The van der Waals surface area contributed by atoms with Crippen molar-refractivity contribution in [2.75, 3.05) is 18.0 Å². The van der Waals surface area contributed by atoms with Gasteiger partial charge in [-0.3, -0.25) is 4.72 Å². The lowest BCUT2D eigenvalue weighted by molar-refractivity contribution is 0.590. The molecule has 0 saturated carbocycles. The number of hydrogen-bond acceptors (Lipinski definition) is 4. The van der Waals surface area contributed by atoms with Gasteiger partial charge in [0.1, 0.15) is 5.82 Å². The number of fused-ring (bicyclic) bond motifs is 1. The smallest absolute Gasteiger partial charge is 0.343 e. The van der Waals surface area contributed by atoms with Gasteiger partial charge in [0.2, 0.25) is 0 Å². The molecule has 1 saturated heterocycles. The summed E-state index contributed by atoms with van der Waals surface area (Å²) in [5, 5.41) is 1.10. The van der Waals surface area contributed by atoms with Crippen molar-refractivity contribution in [1.29, 1.82) is 0 Å². The summed E-state index contributed by atoms with van der Waals surface area (Å²) >= 11 is 0. The van der Waals surface area contributed by atoms with Crippen LogP contribution in [0.1, 0.15) is 12.8 Å². The van der Waals surface area contributed by atoms with Gasteiger partial charge >= 0.3 is 10.2 Å². The van der Waals surface area contributed by atoms with Crippen LogP contribution in [0.15, 0.2) is 22.6 Å². The Balaban J connectivity index is 2.30. The van der Waals surface area contributed by atoms with Gasteiger partial charge in [0.25, 0.3) is 0 Å². The predicted molar refractivity (Wildman–Crippen MR) is 68.3 cm³/mol. The molecule has 1 aromatic rings. The molecule has 0 aromatic heterocycles. The van der Waals surface area contributed by atoms with Gasteiger partial charge in [0.15, 0.2) is 0 Å². The highest BCUT2D eigenvalue weighted by Gasteiger charge is 2.20. The van der Waals surface area contributed by atoms with E-state index >= 15 is 0 Å². The summed E-state index contributed by atoms with van der Waals surface area (Å²) in [5.74, 6) is 0.155. The highest BCUT2D eigenvalue weighted by molar-refractivity contribution is 7.88. The van der Waals surface area contributed by atoms with Gasteiger partial charge in [-0.1, -0.05) is 6.07 Å². The predicted octanol–water partition coefficient (Wildman–Crippen LogP) is -1.22. The molecule has 0 unspecified atom stereocenters. The maximum absolute atomic E-state index is 11.5. The first-order valence-electron chi connectivity index (χ1n) is 5.83. The largest absolute Gasteiger partial charge is 0.384 e. The number of nitrogens with one attached hydrogen (secondary N) is 1. The first kappa shape index (κ1) is 11.3. The van der Waals surface area contributed by atoms with Crippen LogP contribution >= 0.6 is 0 Å². The number of benzene rings is 1. The fraction of sp³-hybridized carbons (Fsp3) is 0.364. The van der Waals surface area contributed by atoms with E-state index in [1.165, 1.54) is 0 Å². The summed E-state index contributed by atoms with van der Waals surface area (Å²) in [5.41, 5.74) is 6.78. The maximum Gasteiger partial charge on any atom is 0.343 e. The number of rotatable bonds is 1. The normalized spacial score (nSPS) is 21.1. The molecule has 6 nitrogen and oxygen atoms in total. The zero-order chi connectivity index (χ0) is 12.8. The van der Waals surface area contributed by atoms with E-state index in [0.29, 0.717) is 10.6 Å². The molecule has 2 heterocycles. The molecule has 0 aliphatic carbocycles.